The van der Waals surface area contributed by atoms with Gasteiger partial charge in [-0.3, -0.25) is 9.78 Å². The number of nitrogens with zero attached hydrogens (tertiary/aromatic N) is 3. The van der Waals surface area contributed by atoms with Crippen LogP contribution in [0.1, 0.15) is 59.8 Å². The Balaban J connectivity index is 1.41. The Morgan fingerprint density at radius 2 is 1.97 bits per heavy atom. The number of fused-ring (bicyclic) bond motifs is 1. The molecule has 2 aromatic heterocycles. The van der Waals surface area contributed by atoms with Crippen molar-refractivity contribution in [2.24, 2.45) is 0 Å². The number of aromatic nitrogens is 3. The van der Waals surface area contributed by atoms with Gasteiger partial charge in [0.05, 0.1) is 17.7 Å². The van der Waals surface area contributed by atoms with E-state index in [4.69, 9.17) is 4.74 Å². The van der Waals surface area contributed by atoms with Gasteiger partial charge < -0.3 is 10.1 Å². The molecule has 2 heterocycles. The van der Waals surface area contributed by atoms with Crippen LogP contribution < -0.4 is 10.1 Å². The minimum atomic E-state index is -0.0974. The largest absolute Gasteiger partial charge is 0.491 e. The quantitative estimate of drug-likeness (QED) is 0.354. The smallest absolute Gasteiger partial charge is 0.253 e. The van der Waals surface area contributed by atoms with Crippen molar-refractivity contribution in [3.63, 3.8) is 0 Å². The Hall–Kier alpha value is -3.58. The Bertz CT molecular complexity index is 1350. The van der Waals surface area contributed by atoms with E-state index < -0.39 is 0 Å². The standard InChI is InChI=1S/C28H28N4O2S/c1-17(2)34-25-13-12-19(15-18(25)3)27-31-32-28(35-27)23-10-4-9-22-21(23)8-5-11-24(22)30-26(33)20-7-6-14-29-16-20/h4,6-7,9-10,12-17,24H,5,8,11H2,1-3H3,(H,30,33)/t24-/m1/s1. The van der Waals surface area contributed by atoms with Crippen molar-refractivity contribution in [3.05, 3.63) is 83.2 Å². The molecular formula is C28H28N4O2S. The molecule has 0 bridgehead atoms. The molecule has 2 aromatic carbocycles. The highest BCUT2D eigenvalue weighted by atomic mass is 32.1. The highest BCUT2D eigenvalue weighted by Crippen LogP contribution is 2.39. The Kier molecular flexibility index (Phi) is 6.59. The van der Waals surface area contributed by atoms with E-state index in [1.54, 1.807) is 35.9 Å². The third kappa shape index (κ3) is 4.95. The summed E-state index contributed by atoms with van der Waals surface area (Å²) in [5.41, 5.74) is 6.20. The van der Waals surface area contributed by atoms with E-state index in [1.807, 2.05) is 32.0 Å². The second kappa shape index (κ2) is 9.96. The van der Waals surface area contributed by atoms with Crippen molar-refractivity contribution in [2.45, 2.75) is 52.2 Å². The van der Waals surface area contributed by atoms with Crippen molar-refractivity contribution in [1.82, 2.24) is 20.5 Å². The first-order valence-corrected chi connectivity index (χ1v) is 12.8. The van der Waals surface area contributed by atoms with E-state index in [0.717, 1.165) is 57.3 Å². The fourth-order valence-electron chi connectivity index (χ4n) is 4.55. The molecule has 1 amide bonds. The average molecular weight is 485 g/mol. The van der Waals surface area contributed by atoms with E-state index in [9.17, 15) is 4.79 Å². The second-order valence-electron chi connectivity index (χ2n) is 9.09. The lowest BCUT2D eigenvalue weighted by molar-refractivity contribution is 0.0932. The summed E-state index contributed by atoms with van der Waals surface area (Å²) in [5, 5.41) is 14.0. The number of amides is 1. The second-order valence-corrected chi connectivity index (χ2v) is 10.1. The number of pyridine rings is 1. The highest BCUT2D eigenvalue weighted by Gasteiger charge is 2.25. The third-order valence-electron chi connectivity index (χ3n) is 6.18. The van der Waals surface area contributed by atoms with Crippen molar-refractivity contribution < 1.29 is 9.53 Å². The van der Waals surface area contributed by atoms with Gasteiger partial charge in [0.25, 0.3) is 5.91 Å². The lowest BCUT2D eigenvalue weighted by Gasteiger charge is -2.27. The summed E-state index contributed by atoms with van der Waals surface area (Å²) in [4.78, 5) is 16.8. The molecule has 1 aliphatic carbocycles. The molecule has 0 aliphatic heterocycles. The molecule has 35 heavy (non-hydrogen) atoms. The van der Waals surface area contributed by atoms with Crippen molar-refractivity contribution in [2.75, 3.05) is 0 Å². The molecule has 178 valence electrons. The number of carbonyl (C=O) groups is 1. The van der Waals surface area contributed by atoms with Crippen LogP contribution in [0.2, 0.25) is 0 Å². The molecule has 0 saturated heterocycles. The molecule has 1 aliphatic rings. The Morgan fingerprint density at radius 1 is 1.11 bits per heavy atom. The lowest BCUT2D eigenvalue weighted by atomic mass is 9.85. The Morgan fingerprint density at radius 3 is 2.74 bits per heavy atom. The number of rotatable bonds is 6. The third-order valence-corrected chi connectivity index (χ3v) is 7.18. The minimum Gasteiger partial charge on any atom is -0.491 e. The monoisotopic (exact) mass is 484 g/mol. The van der Waals surface area contributed by atoms with Gasteiger partial charge >= 0.3 is 0 Å². The molecule has 0 saturated carbocycles. The first-order chi connectivity index (χ1) is 17.0. The van der Waals surface area contributed by atoms with Gasteiger partial charge in [-0.15, -0.1) is 10.2 Å². The fraction of sp³-hybridized carbons (Fsp3) is 0.286. The average Bonchev–Trinajstić information content (AvgIpc) is 3.35. The minimum absolute atomic E-state index is 0.0325. The molecule has 0 spiro atoms. The maximum absolute atomic E-state index is 12.8. The molecule has 0 radical (unpaired) electrons. The predicted molar refractivity (Wildman–Crippen MR) is 139 cm³/mol. The summed E-state index contributed by atoms with van der Waals surface area (Å²) in [5.74, 6) is 0.796. The molecule has 5 rings (SSSR count). The van der Waals surface area contributed by atoms with E-state index in [-0.39, 0.29) is 18.1 Å². The summed E-state index contributed by atoms with van der Waals surface area (Å²) in [6.45, 7) is 6.11. The van der Waals surface area contributed by atoms with Crippen LogP contribution in [0.5, 0.6) is 5.75 Å². The van der Waals surface area contributed by atoms with Crippen LogP contribution >= 0.6 is 11.3 Å². The van der Waals surface area contributed by atoms with Gasteiger partial charge in [-0.1, -0.05) is 29.5 Å². The topological polar surface area (TPSA) is 77.0 Å². The normalized spacial score (nSPS) is 15.0. The molecule has 0 unspecified atom stereocenters. The van der Waals surface area contributed by atoms with Crippen LogP contribution in [0.25, 0.3) is 21.1 Å². The molecular weight excluding hydrogens is 456 g/mol. The predicted octanol–water partition coefficient (Wildman–Crippen LogP) is 6.17. The number of nitrogens with one attached hydrogen (secondary N) is 1. The van der Waals surface area contributed by atoms with Crippen LogP contribution in [0.3, 0.4) is 0 Å². The number of aryl methyl sites for hydroxylation is 1. The summed E-state index contributed by atoms with van der Waals surface area (Å²) < 4.78 is 5.87. The number of hydrogen-bond acceptors (Lipinski definition) is 6. The maximum Gasteiger partial charge on any atom is 0.253 e. The summed E-state index contributed by atoms with van der Waals surface area (Å²) in [7, 11) is 0. The number of hydrogen-bond donors (Lipinski definition) is 1. The van der Waals surface area contributed by atoms with Crippen molar-refractivity contribution in [1.29, 1.82) is 0 Å². The van der Waals surface area contributed by atoms with Crippen LogP contribution in [-0.4, -0.2) is 27.2 Å². The van der Waals surface area contributed by atoms with Crippen molar-refractivity contribution in [3.8, 4) is 26.9 Å². The summed E-state index contributed by atoms with van der Waals surface area (Å²) in [6, 6.07) is 16.0. The zero-order chi connectivity index (χ0) is 24.4. The van der Waals surface area contributed by atoms with Gasteiger partial charge in [0, 0.05) is 23.5 Å². The van der Waals surface area contributed by atoms with E-state index in [0.29, 0.717) is 5.56 Å². The van der Waals surface area contributed by atoms with Gasteiger partial charge in [0.1, 0.15) is 15.8 Å². The van der Waals surface area contributed by atoms with Crippen LogP contribution in [-0.2, 0) is 6.42 Å². The maximum atomic E-state index is 12.8. The number of benzene rings is 2. The molecule has 7 heteroatoms. The van der Waals surface area contributed by atoms with Gasteiger partial charge in [0.15, 0.2) is 0 Å². The van der Waals surface area contributed by atoms with E-state index >= 15 is 0 Å². The van der Waals surface area contributed by atoms with Gasteiger partial charge in [0.2, 0.25) is 0 Å². The first-order valence-electron chi connectivity index (χ1n) is 11.9. The highest BCUT2D eigenvalue weighted by molar-refractivity contribution is 7.17. The van der Waals surface area contributed by atoms with Crippen LogP contribution in [0.4, 0.5) is 0 Å². The molecule has 1 N–H and O–H groups in total. The molecule has 4 aromatic rings. The fourth-order valence-corrected chi connectivity index (χ4v) is 5.45. The first kappa shape index (κ1) is 23.2. The van der Waals surface area contributed by atoms with Gasteiger partial charge in [-0.2, -0.15) is 0 Å². The zero-order valence-corrected chi connectivity index (χ0v) is 20.9. The van der Waals surface area contributed by atoms with E-state index in [1.165, 1.54) is 5.56 Å². The molecule has 0 fully saturated rings. The summed E-state index contributed by atoms with van der Waals surface area (Å²) in [6.07, 6.45) is 6.28. The molecule has 6 nitrogen and oxygen atoms in total. The van der Waals surface area contributed by atoms with Gasteiger partial charge in [-0.05, 0) is 87.1 Å². The van der Waals surface area contributed by atoms with E-state index in [2.05, 4.69) is 45.6 Å². The van der Waals surface area contributed by atoms with Crippen molar-refractivity contribution >= 4 is 17.2 Å². The van der Waals surface area contributed by atoms with Gasteiger partial charge in [-0.25, -0.2) is 0 Å². The summed E-state index contributed by atoms with van der Waals surface area (Å²) >= 11 is 1.59. The molecule has 1 atom stereocenters. The SMILES string of the molecule is Cc1cc(-c2nnc(-c3cccc4c3CCC[C@H]4NC(=O)c3cccnc3)s2)ccc1OC(C)C. The zero-order valence-electron chi connectivity index (χ0n) is 20.1. The van der Waals surface area contributed by atoms with Crippen LogP contribution in [0.15, 0.2) is 60.9 Å². The Labute approximate surface area is 209 Å². The number of carbonyl (C=O) groups excluding carboxylic acids is 1. The lowest BCUT2D eigenvalue weighted by Crippen LogP contribution is -2.31. The number of ether oxygens (including phenoxy) is 1. The van der Waals surface area contributed by atoms with Crippen LogP contribution in [0, 0.1) is 6.92 Å².